The summed E-state index contributed by atoms with van der Waals surface area (Å²) < 4.78 is 45.7. The lowest BCUT2D eigenvalue weighted by Gasteiger charge is -2.25. The van der Waals surface area contributed by atoms with Gasteiger partial charge in [0.25, 0.3) is 0 Å². The number of benzene rings is 2. The van der Waals surface area contributed by atoms with Crippen LogP contribution in [0.3, 0.4) is 0 Å². The molecule has 2 aromatic carbocycles. The van der Waals surface area contributed by atoms with Crippen LogP contribution in [-0.2, 0) is 23.0 Å². The van der Waals surface area contributed by atoms with Crippen LogP contribution in [0.4, 0.5) is 4.39 Å². The van der Waals surface area contributed by atoms with Gasteiger partial charge in [0.1, 0.15) is 5.82 Å². The molecule has 0 fully saturated rings. The van der Waals surface area contributed by atoms with Gasteiger partial charge in [0.15, 0.2) is 5.76 Å². The third-order valence-corrected chi connectivity index (χ3v) is 6.15. The van der Waals surface area contributed by atoms with Crippen molar-refractivity contribution in [2.24, 2.45) is 0 Å². The van der Waals surface area contributed by atoms with Crippen LogP contribution in [0, 0.1) is 5.82 Å². The Balaban J connectivity index is 1.70. The Morgan fingerprint density at radius 3 is 2.48 bits per heavy atom. The molecule has 1 aliphatic heterocycles. The fraction of sp³-hybridized carbons (Fsp3) is 0.167. The quantitative estimate of drug-likeness (QED) is 0.721. The summed E-state index contributed by atoms with van der Waals surface area (Å²) in [6.07, 6.45) is 0.478. The minimum atomic E-state index is -3.58. The topological polar surface area (TPSA) is 63.4 Å². The molecule has 2 heterocycles. The van der Waals surface area contributed by atoms with Gasteiger partial charge in [0, 0.05) is 30.6 Å². The monoisotopic (exact) mass is 358 g/mol. The molecule has 128 valence electrons. The third kappa shape index (κ3) is 2.85. The lowest BCUT2D eigenvalue weighted by molar-refractivity contribution is 0.386. The average Bonchev–Trinajstić information content (AvgIpc) is 3.06. The Kier molecular flexibility index (Phi) is 3.89. The highest BCUT2D eigenvalue weighted by atomic mass is 32.2. The summed E-state index contributed by atoms with van der Waals surface area (Å²) >= 11 is 0. The average molecular weight is 358 g/mol. The molecular weight excluding hydrogens is 343 g/mol. The van der Waals surface area contributed by atoms with E-state index in [-0.39, 0.29) is 17.3 Å². The first kappa shape index (κ1) is 16.0. The van der Waals surface area contributed by atoms with Crippen molar-refractivity contribution >= 4 is 10.0 Å². The van der Waals surface area contributed by atoms with Crippen molar-refractivity contribution in [2.75, 3.05) is 6.54 Å². The van der Waals surface area contributed by atoms with Crippen molar-refractivity contribution in [3.8, 4) is 11.3 Å². The molecule has 0 unspecified atom stereocenters. The molecular formula is C18H15FN2O3S. The molecule has 3 aromatic rings. The maximum atomic E-state index is 13.1. The molecule has 1 aliphatic rings. The van der Waals surface area contributed by atoms with Crippen LogP contribution in [0.25, 0.3) is 11.3 Å². The van der Waals surface area contributed by atoms with Gasteiger partial charge in [0.05, 0.1) is 10.6 Å². The second-order valence-electron chi connectivity index (χ2n) is 5.85. The summed E-state index contributed by atoms with van der Waals surface area (Å²) in [6.45, 7) is 0.530. The van der Waals surface area contributed by atoms with Crippen molar-refractivity contribution in [3.05, 3.63) is 71.7 Å². The van der Waals surface area contributed by atoms with E-state index in [2.05, 4.69) is 5.16 Å². The number of hydrogen-bond acceptors (Lipinski definition) is 4. The molecule has 7 heteroatoms. The van der Waals surface area contributed by atoms with Gasteiger partial charge in [-0.3, -0.25) is 0 Å². The summed E-state index contributed by atoms with van der Waals surface area (Å²) in [5.74, 6) is 0.147. The van der Waals surface area contributed by atoms with Gasteiger partial charge in [0.2, 0.25) is 10.0 Å². The number of fused-ring (bicyclic) bond motifs is 1. The summed E-state index contributed by atoms with van der Waals surface area (Å²) in [5.41, 5.74) is 2.16. The van der Waals surface area contributed by atoms with Crippen LogP contribution in [0.5, 0.6) is 0 Å². The maximum absolute atomic E-state index is 13.1. The molecule has 0 N–H and O–H groups in total. The summed E-state index contributed by atoms with van der Waals surface area (Å²) in [5, 5.41) is 4.05. The smallest absolute Gasteiger partial charge is 0.243 e. The molecule has 0 atom stereocenters. The molecule has 0 saturated carbocycles. The Morgan fingerprint density at radius 2 is 1.76 bits per heavy atom. The van der Waals surface area contributed by atoms with Crippen LogP contribution in [0.2, 0.25) is 0 Å². The van der Waals surface area contributed by atoms with Crippen molar-refractivity contribution in [3.63, 3.8) is 0 Å². The SMILES string of the molecule is O=S(=O)(c1ccccc1)N1CCc2noc(-c3ccc(F)cc3)c2C1. The lowest BCUT2D eigenvalue weighted by atomic mass is 10.0. The largest absolute Gasteiger partial charge is 0.356 e. The van der Waals surface area contributed by atoms with Crippen molar-refractivity contribution in [1.82, 2.24) is 9.46 Å². The molecule has 0 radical (unpaired) electrons. The normalized spacial score (nSPS) is 15.1. The Hall–Kier alpha value is -2.51. The second kappa shape index (κ2) is 6.09. The molecule has 0 spiro atoms. The fourth-order valence-electron chi connectivity index (χ4n) is 2.96. The van der Waals surface area contributed by atoms with E-state index >= 15 is 0 Å². The lowest BCUT2D eigenvalue weighted by Crippen LogP contribution is -2.35. The molecule has 0 aliphatic carbocycles. The number of rotatable bonds is 3. The van der Waals surface area contributed by atoms with E-state index in [0.717, 1.165) is 11.3 Å². The molecule has 0 saturated heterocycles. The Bertz CT molecular complexity index is 999. The van der Waals surface area contributed by atoms with Gasteiger partial charge < -0.3 is 4.52 Å². The number of aromatic nitrogens is 1. The molecule has 0 amide bonds. The zero-order valence-electron chi connectivity index (χ0n) is 13.2. The van der Waals surface area contributed by atoms with Crippen LogP contribution in [0.15, 0.2) is 64.0 Å². The minimum Gasteiger partial charge on any atom is -0.356 e. The molecule has 1 aromatic heterocycles. The molecule has 25 heavy (non-hydrogen) atoms. The molecule has 5 nitrogen and oxygen atoms in total. The summed E-state index contributed by atoms with van der Waals surface area (Å²) in [7, 11) is -3.58. The van der Waals surface area contributed by atoms with Crippen LogP contribution >= 0.6 is 0 Å². The van der Waals surface area contributed by atoms with Gasteiger partial charge in [-0.2, -0.15) is 4.31 Å². The first-order valence-corrected chi connectivity index (χ1v) is 9.28. The van der Waals surface area contributed by atoms with Gasteiger partial charge in [-0.15, -0.1) is 0 Å². The minimum absolute atomic E-state index is 0.183. The first-order valence-electron chi connectivity index (χ1n) is 7.84. The zero-order valence-corrected chi connectivity index (χ0v) is 14.0. The van der Waals surface area contributed by atoms with Crippen molar-refractivity contribution in [2.45, 2.75) is 17.9 Å². The predicted octanol–water partition coefficient (Wildman–Crippen LogP) is 3.23. The second-order valence-corrected chi connectivity index (χ2v) is 7.78. The highest BCUT2D eigenvalue weighted by molar-refractivity contribution is 7.89. The Labute approximate surface area is 144 Å². The van der Waals surface area contributed by atoms with E-state index in [4.69, 9.17) is 4.52 Å². The molecule has 0 bridgehead atoms. The number of halogens is 1. The van der Waals surface area contributed by atoms with Crippen molar-refractivity contribution < 1.29 is 17.3 Å². The standard InChI is InChI=1S/C18H15FN2O3S/c19-14-8-6-13(7-9-14)18-16-12-21(11-10-17(16)20-24-18)25(22,23)15-4-2-1-3-5-15/h1-9H,10-12H2. The maximum Gasteiger partial charge on any atom is 0.243 e. The van der Waals surface area contributed by atoms with Gasteiger partial charge >= 0.3 is 0 Å². The summed E-state index contributed by atoms with van der Waals surface area (Å²) in [6, 6.07) is 14.2. The van der Waals surface area contributed by atoms with Crippen LogP contribution in [-0.4, -0.2) is 24.4 Å². The Morgan fingerprint density at radius 1 is 1.04 bits per heavy atom. The zero-order chi connectivity index (χ0) is 17.4. The van der Waals surface area contributed by atoms with Crippen LogP contribution < -0.4 is 0 Å². The number of nitrogens with zero attached hydrogens (tertiary/aromatic N) is 2. The van der Waals surface area contributed by atoms with Gasteiger partial charge in [-0.25, -0.2) is 12.8 Å². The van der Waals surface area contributed by atoms with E-state index in [1.54, 1.807) is 42.5 Å². The number of sulfonamides is 1. The van der Waals surface area contributed by atoms with Crippen molar-refractivity contribution in [1.29, 1.82) is 0 Å². The van der Waals surface area contributed by atoms with E-state index < -0.39 is 10.0 Å². The van der Waals surface area contributed by atoms with E-state index in [0.29, 0.717) is 24.3 Å². The predicted molar refractivity (Wildman–Crippen MR) is 89.6 cm³/mol. The van der Waals surface area contributed by atoms with Crippen LogP contribution in [0.1, 0.15) is 11.3 Å². The highest BCUT2D eigenvalue weighted by Crippen LogP contribution is 2.32. The number of hydrogen-bond donors (Lipinski definition) is 0. The summed E-state index contributed by atoms with van der Waals surface area (Å²) in [4.78, 5) is 0.262. The van der Waals surface area contributed by atoms with E-state index in [1.165, 1.54) is 16.4 Å². The van der Waals surface area contributed by atoms with E-state index in [1.807, 2.05) is 0 Å². The van der Waals surface area contributed by atoms with Gasteiger partial charge in [-0.05, 0) is 36.4 Å². The van der Waals surface area contributed by atoms with Gasteiger partial charge in [-0.1, -0.05) is 23.4 Å². The molecule has 4 rings (SSSR count). The third-order valence-electron chi connectivity index (χ3n) is 4.29. The highest BCUT2D eigenvalue weighted by Gasteiger charge is 2.32. The van der Waals surface area contributed by atoms with E-state index in [9.17, 15) is 12.8 Å². The first-order chi connectivity index (χ1) is 12.1. The fourth-order valence-corrected chi connectivity index (χ4v) is 4.39.